The van der Waals surface area contributed by atoms with Crippen LogP contribution in [0.2, 0.25) is 0 Å². The standard InChI is InChI=1S/C15H23N3O/c1-12-5-8-18(9-6-12)11-13-10-17(2)14-4-3-7-16-15(14)19-13/h3-4,7,12-13H,5-6,8-11H2,1-2H3. The molecule has 1 unspecified atom stereocenters. The summed E-state index contributed by atoms with van der Waals surface area (Å²) in [5.74, 6) is 1.67. The molecule has 4 nitrogen and oxygen atoms in total. The van der Waals surface area contributed by atoms with E-state index in [2.05, 4.69) is 34.8 Å². The second kappa shape index (κ2) is 5.37. The van der Waals surface area contributed by atoms with Gasteiger partial charge in [0.15, 0.2) is 0 Å². The molecule has 0 saturated carbocycles. The van der Waals surface area contributed by atoms with Crippen molar-refractivity contribution in [3.8, 4) is 5.88 Å². The summed E-state index contributed by atoms with van der Waals surface area (Å²) in [7, 11) is 2.12. The molecule has 3 heterocycles. The van der Waals surface area contributed by atoms with Crippen LogP contribution >= 0.6 is 0 Å². The zero-order chi connectivity index (χ0) is 13.2. The first-order valence-corrected chi connectivity index (χ1v) is 7.27. The minimum atomic E-state index is 0.237. The Morgan fingerprint density at radius 2 is 2.16 bits per heavy atom. The number of hydrogen-bond acceptors (Lipinski definition) is 4. The van der Waals surface area contributed by atoms with Gasteiger partial charge < -0.3 is 9.64 Å². The maximum absolute atomic E-state index is 6.04. The molecule has 1 saturated heterocycles. The van der Waals surface area contributed by atoms with Crippen molar-refractivity contribution in [3.63, 3.8) is 0 Å². The average molecular weight is 261 g/mol. The Balaban J connectivity index is 1.62. The van der Waals surface area contributed by atoms with Crippen molar-refractivity contribution in [1.29, 1.82) is 0 Å². The van der Waals surface area contributed by atoms with Gasteiger partial charge in [0, 0.05) is 19.8 Å². The van der Waals surface area contributed by atoms with E-state index in [4.69, 9.17) is 4.74 Å². The normalized spacial score (nSPS) is 24.9. The first-order chi connectivity index (χ1) is 9.22. The highest BCUT2D eigenvalue weighted by Gasteiger charge is 2.27. The maximum Gasteiger partial charge on any atom is 0.237 e. The molecule has 104 valence electrons. The van der Waals surface area contributed by atoms with Gasteiger partial charge in [0.2, 0.25) is 5.88 Å². The lowest BCUT2D eigenvalue weighted by Gasteiger charge is -2.37. The predicted molar refractivity (Wildman–Crippen MR) is 76.8 cm³/mol. The molecule has 4 heteroatoms. The molecule has 1 fully saturated rings. The number of likely N-dealkylation sites (N-methyl/N-ethyl adjacent to an activating group) is 1. The van der Waals surface area contributed by atoms with Gasteiger partial charge in [0.05, 0.1) is 12.2 Å². The summed E-state index contributed by atoms with van der Waals surface area (Å²) in [5.41, 5.74) is 1.10. The van der Waals surface area contributed by atoms with Crippen LogP contribution in [0.25, 0.3) is 0 Å². The van der Waals surface area contributed by atoms with Gasteiger partial charge in [0.1, 0.15) is 6.10 Å². The molecule has 2 aliphatic heterocycles. The molecule has 0 bridgehead atoms. The summed E-state index contributed by atoms with van der Waals surface area (Å²) in [6.45, 7) is 6.74. The molecule has 3 rings (SSSR count). The molecule has 2 aliphatic rings. The van der Waals surface area contributed by atoms with E-state index in [9.17, 15) is 0 Å². The van der Waals surface area contributed by atoms with Crippen molar-refractivity contribution in [2.75, 3.05) is 38.1 Å². The van der Waals surface area contributed by atoms with Crippen molar-refractivity contribution in [2.45, 2.75) is 25.9 Å². The van der Waals surface area contributed by atoms with Crippen molar-refractivity contribution >= 4 is 5.69 Å². The summed E-state index contributed by atoms with van der Waals surface area (Å²) in [4.78, 5) is 9.13. The first kappa shape index (κ1) is 12.7. The highest BCUT2D eigenvalue weighted by Crippen LogP contribution is 2.30. The Morgan fingerprint density at radius 3 is 2.95 bits per heavy atom. The third-order valence-electron chi connectivity index (χ3n) is 4.26. The third-order valence-corrected chi connectivity index (χ3v) is 4.26. The van der Waals surface area contributed by atoms with Crippen LogP contribution in [0.4, 0.5) is 5.69 Å². The SMILES string of the molecule is CC1CCN(CC2CN(C)c3cccnc3O2)CC1. The number of likely N-dealkylation sites (tertiary alicyclic amines) is 1. The zero-order valence-corrected chi connectivity index (χ0v) is 11.9. The summed E-state index contributed by atoms with van der Waals surface area (Å²) in [6.07, 6.45) is 4.67. The topological polar surface area (TPSA) is 28.6 Å². The molecule has 0 spiro atoms. The van der Waals surface area contributed by atoms with Gasteiger partial charge >= 0.3 is 0 Å². The van der Waals surface area contributed by atoms with Crippen molar-refractivity contribution in [3.05, 3.63) is 18.3 Å². The molecule has 0 radical (unpaired) electrons. The Bertz CT molecular complexity index is 429. The summed E-state index contributed by atoms with van der Waals surface area (Å²) < 4.78 is 6.04. The van der Waals surface area contributed by atoms with Gasteiger partial charge in [-0.2, -0.15) is 0 Å². The van der Waals surface area contributed by atoms with E-state index in [1.54, 1.807) is 6.20 Å². The number of nitrogens with zero attached hydrogens (tertiary/aromatic N) is 3. The van der Waals surface area contributed by atoms with Crippen molar-refractivity contribution < 1.29 is 4.74 Å². The van der Waals surface area contributed by atoms with Crippen LogP contribution in [0.1, 0.15) is 19.8 Å². The van der Waals surface area contributed by atoms with Crippen LogP contribution < -0.4 is 9.64 Å². The lowest BCUT2D eigenvalue weighted by molar-refractivity contribution is 0.102. The lowest BCUT2D eigenvalue weighted by atomic mass is 9.99. The van der Waals surface area contributed by atoms with Crippen LogP contribution in [-0.4, -0.2) is 49.2 Å². The molecule has 0 aromatic carbocycles. The molecule has 0 N–H and O–H groups in total. The minimum Gasteiger partial charge on any atom is -0.470 e. The van der Waals surface area contributed by atoms with Crippen LogP contribution in [0, 0.1) is 5.92 Å². The molecule has 1 atom stereocenters. The number of anilines is 1. The minimum absolute atomic E-state index is 0.237. The third kappa shape index (κ3) is 2.84. The van der Waals surface area contributed by atoms with Gasteiger partial charge in [-0.15, -0.1) is 0 Å². The highest BCUT2D eigenvalue weighted by atomic mass is 16.5. The Morgan fingerprint density at radius 1 is 1.37 bits per heavy atom. The zero-order valence-electron chi connectivity index (χ0n) is 11.9. The first-order valence-electron chi connectivity index (χ1n) is 7.27. The van der Waals surface area contributed by atoms with E-state index < -0.39 is 0 Å². The molecule has 19 heavy (non-hydrogen) atoms. The van der Waals surface area contributed by atoms with Crippen LogP contribution in [0.15, 0.2) is 18.3 Å². The van der Waals surface area contributed by atoms with Crippen molar-refractivity contribution in [1.82, 2.24) is 9.88 Å². The van der Waals surface area contributed by atoms with E-state index in [0.717, 1.165) is 30.6 Å². The quantitative estimate of drug-likeness (QED) is 0.814. The molecular weight excluding hydrogens is 238 g/mol. The van der Waals surface area contributed by atoms with Gasteiger partial charge in [-0.25, -0.2) is 4.98 Å². The summed E-state index contributed by atoms with van der Waals surface area (Å²) in [5, 5.41) is 0. The van der Waals surface area contributed by atoms with Crippen LogP contribution in [-0.2, 0) is 0 Å². The van der Waals surface area contributed by atoms with Crippen LogP contribution in [0.5, 0.6) is 5.88 Å². The monoisotopic (exact) mass is 261 g/mol. The number of pyridine rings is 1. The lowest BCUT2D eigenvalue weighted by Crippen LogP contribution is -2.47. The molecule has 0 amide bonds. The Labute approximate surface area is 115 Å². The number of ether oxygens (including phenoxy) is 1. The van der Waals surface area contributed by atoms with E-state index in [0.29, 0.717) is 0 Å². The van der Waals surface area contributed by atoms with E-state index in [1.165, 1.54) is 25.9 Å². The number of rotatable bonds is 2. The second-order valence-corrected chi connectivity index (χ2v) is 5.93. The molecule has 1 aromatic heterocycles. The fraction of sp³-hybridized carbons (Fsp3) is 0.667. The fourth-order valence-corrected chi connectivity index (χ4v) is 2.99. The summed E-state index contributed by atoms with van der Waals surface area (Å²) in [6, 6.07) is 4.03. The van der Waals surface area contributed by atoms with Gasteiger partial charge in [0.25, 0.3) is 0 Å². The number of aromatic nitrogens is 1. The summed E-state index contributed by atoms with van der Waals surface area (Å²) >= 11 is 0. The van der Waals surface area contributed by atoms with Gasteiger partial charge in [-0.05, 0) is 44.0 Å². The fourth-order valence-electron chi connectivity index (χ4n) is 2.99. The van der Waals surface area contributed by atoms with Crippen LogP contribution in [0.3, 0.4) is 0 Å². The molecule has 0 aliphatic carbocycles. The predicted octanol–water partition coefficient (Wildman–Crippen LogP) is 2.01. The Hall–Kier alpha value is -1.29. The number of piperidine rings is 1. The highest BCUT2D eigenvalue weighted by molar-refractivity contribution is 5.55. The molecule has 1 aromatic rings. The van der Waals surface area contributed by atoms with E-state index in [-0.39, 0.29) is 6.10 Å². The van der Waals surface area contributed by atoms with Crippen molar-refractivity contribution in [2.24, 2.45) is 5.92 Å². The smallest absolute Gasteiger partial charge is 0.237 e. The van der Waals surface area contributed by atoms with Gasteiger partial charge in [-0.1, -0.05) is 6.92 Å². The van der Waals surface area contributed by atoms with E-state index in [1.807, 2.05) is 6.07 Å². The maximum atomic E-state index is 6.04. The average Bonchev–Trinajstić information content (AvgIpc) is 2.42. The number of hydrogen-bond donors (Lipinski definition) is 0. The van der Waals surface area contributed by atoms with E-state index >= 15 is 0 Å². The Kier molecular flexibility index (Phi) is 3.60. The van der Waals surface area contributed by atoms with Gasteiger partial charge in [-0.3, -0.25) is 4.90 Å². The largest absolute Gasteiger partial charge is 0.470 e. The molecular formula is C15H23N3O. The number of fused-ring (bicyclic) bond motifs is 1. The second-order valence-electron chi connectivity index (χ2n) is 5.93.